The van der Waals surface area contributed by atoms with Gasteiger partial charge >= 0.3 is 0 Å². The molecular formula is C35H41N6Y3-3. The number of nitrogens with one attached hydrogen (secondary N) is 3. The minimum absolute atomic E-state index is 0. The molecular weight excluding hydrogens is 771 g/mol. The molecule has 0 spiro atoms. The van der Waals surface area contributed by atoms with Crippen LogP contribution in [-0.2, 0) is 98.1 Å². The molecule has 3 aromatic carbocycles. The largest absolute Gasteiger partial charge is 0.478 e. The predicted molar refractivity (Wildman–Crippen MR) is 178 cm³/mol. The first kappa shape index (κ1) is 51.6. The summed E-state index contributed by atoms with van der Waals surface area (Å²) in [6.07, 6.45) is 12.4. The molecule has 44 heavy (non-hydrogen) atoms. The van der Waals surface area contributed by atoms with Crippen LogP contribution in [0.2, 0.25) is 0 Å². The van der Waals surface area contributed by atoms with Gasteiger partial charge in [-0.05, 0) is 30.8 Å². The van der Waals surface area contributed by atoms with Crippen molar-refractivity contribution >= 4 is 35.3 Å². The van der Waals surface area contributed by atoms with Crippen molar-refractivity contribution in [1.82, 2.24) is 0 Å². The number of hydrogen-bond acceptors (Lipinski definition) is 3. The van der Waals surface area contributed by atoms with Crippen LogP contribution in [0, 0.1) is 38.3 Å². The molecule has 0 aromatic heterocycles. The van der Waals surface area contributed by atoms with E-state index in [1.54, 1.807) is 18.2 Å². The van der Waals surface area contributed by atoms with E-state index in [0.717, 1.165) is 33.8 Å². The normalized spacial score (nSPS) is 8.45. The van der Waals surface area contributed by atoms with Gasteiger partial charge in [0.05, 0.1) is 12.9 Å². The van der Waals surface area contributed by atoms with E-state index in [9.17, 15) is 0 Å². The summed E-state index contributed by atoms with van der Waals surface area (Å²) in [6, 6.07) is 23.3. The van der Waals surface area contributed by atoms with Crippen LogP contribution in [0.5, 0.6) is 0 Å². The molecule has 3 aromatic rings. The Bertz CT molecular complexity index is 1200. The van der Waals surface area contributed by atoms with Gasteiger partial charge < -0.3 is 30.5 Å². The van der Waals surface area contributed by atoms with Gasteiger partial charge in [-0.1, -0.05) is 101 Å². The summed E-state index contributed by atoms with van der Waals surface area (Å²) >= 11 is 0. The van der Waals surface area contributed by atoms with Gasteiger partial charge in [0.2, 0.25) is 0 Å². The van der Waals surface area contributed by atoms with Gasteiger partial charge in [0.1, 0.15) is 0 Å². The minimum Gasteiger partial charge on any atom is -0.478 e. The third-order valence-electron chi connectivity index (χ3n) is 4.49. The van der Waals surface area contributed by atoms with Crippen LogP contribution in [0.1, 0.15) is 58.2 Å². The Labute approximate surface area is 342 Å². The third kappa shape index (κ3) is 26.5. The van der Waals surface area contributed by atoms with Crippen molar-refractivity contribution in [2.75, 3.05) is 29.7 Å². The molecule has 0 bridgehead atoms. The van der Waals surface area contributed by atoms with Crippen LogP contribution in [0.15, 0.2) is 72.8 Å². The molecule has 0 saturated heterocycles. The maximum Gasteiger partial charge on any atom is 0.0864 e. The van der Waals surface area contributed by atoms with Gasteiger partial charge in [-0.15, -0.1) is 0 Å². The molecule has 3 rings (SSSR count). The Kier molecular flexibility index (Phi) is 45.9. The van der Waals surface area contributed by atoms with Gasteiger partial charge in [0, 0.05) is 122 Å². The molecule has 0 unspecified atom stereocenters. The van der Waals surface area contributed by atoms with Gasteiger partial charge in [0.25, 0.3) is 0 Å². The van der Waals surface area contributed by atoms with Gasteiger partial charge in [-0.25, -0.2) is 11.6 Å². The Morgan fingerprint density at radius 1 is 0.500 bits per heavy atom. The Morgan fingerprint density at radius 3 is 0.977 bits per heavy atom. The van der Waals surface area contributed by atoms with Gasteiger partial charge in [-0.2, -0.15) is 24.3 Å². The van der Waals surface area contributed by atoms with E-state index < -0.39 is 0 Å². The zero-order chi connectivity index (χ0) is 31.1. The summed E-state index contributed by atoms with van der Waals surface area (Å²) < 4.78 is 0. The molecule has 0 aliphatic carbocycles. The monoisotopic (exact) mass is 812 g/mol. The minimum atomic E-state index is 0. The van der Waals surface area contributed by atoms with Crippen molar-refractivity contribution in [2.24, 2.45) is 0 Å². The second-order valence-electron chi connectivity index (χ2n) is 6.80. The average Bonchev–Trinajstić information content (AvgIpc) is 3.06. The summed E-state index contributed by atoms with van der Waals surface area (Å²) in [6.45, 7) is 32.4. The van der Waals surface area contributed by atoms with Crippen LogP contribution < -0.4 is 16.0 Å². The average molecular weight is 812 g/mol. The maximum absolute atomic E-state index is 6.66. The number of nitrogens with zero attached hydrogens (tertiary/aromatic N) is 3. The molecule has 0 atom stereocenters. The molecule has 0 saturated carbocycles. The van der Waals surface area contributed by atoms with Gasteiger partial charge in [0.15, 0.2) is 0 Å². The second kappa shape index (κ2) is 39.1. The number of benzene rings is 3. The number of hydrogen-bond donors (Lipinski definition) is 3. The van der Waals surface area contributed by atoms with Crippen molar-refractivity contribution in [3.8, 4) is 0 Å². The molecule has 0 aliphatic heterocycles. The second-order valence-corrected chi connectivity index (χ2v) is 6.80. The summed E-state index contributed by atoms with van der Waals surface area (Å²) in [7, 11) is 1.87. The molecule has 0 fully saturated rings. The standard InChI is InChI=1S/C19H14N4.C10H9N2.3C2H6.3Y/c1-20-13-11-16-3-7-18(8-4-16)22-15-23-19-9-5-17(6-10-19)12-14-21-2;1-11-8-7-9-3-5-10(12-2)6-4-9;3*1-2;;;/h3-12,22-23H,15H2;3-7,12H,2H3;3*1-2H3;;;/q-2;-1;;;;;;. The fraction of sp³-hybridized carbons (Fsp3) is 0.229. The first-order chi connectivity index (χ1) is 20.2. The van der Waals surface area contributed by atoms with E-state index >= 15 is 0 Å². The van der Waals surface area contributed by atoms with E-state index in [1.807, 2.05) is 121 Å². The molecule has 6 nitrogen and oxygen atoms in total. The van der Waals surface area contributed by atoms with E-state index in [2.05, 4.69) is 49.1 Å². The molecule has 223 valence electrons. The number of rotatable bonds is 8. The van der Waals surface area contributed by atoms with E-state index in [0.29, 0.717) is 6.67 Å². The van der Waals surface area contributed by atoms with Crippen LogP contribution >= 0.6 is 0 Å². The first-order valence-electron chi connectivity index (χ1n) is 13.5. The fourth-order valence-electron chi connectivity index (χ4n) is 2.71. The molecule has 3 radical (unpaired) electrons. The predicted octanol–water partition coefficient (Wildman–Crippen LogP) is 10.0. The summed E-state index contributed by atoms with van der Waals surface area (Å²) in [5, 5.41) is 9.53. The Morgan fingerprint density at radius 2 is 0.750 bits per heavy atom. The van der Waals surface area contributed by atoms with E-state index in [-0.39, 0.29) is 98.1 Å². The van der Waals surface area contributed by atoms with E-state index in [4.69, 9.17) is 19.7 Å². The topological polar surface area (TPSA) is 49.2 Å². The Hall–Kier alpha value is -1.94. The van der Waals surface area contributed by atoms with Crippen LogP contribution in [0.3, 0.4) is 0 Å². The summed E-state index contributed by atoms with van der Waals surface area (Å²) in [4.78, 5) is 9.12. The van der Waals surface area contributed by atoms with Crippen LogP contribution in [-0.4, -0.2) is 13.7 Å². The molecule has 0 amide bonds. The third-order valence-corrected chi connectivity index (χ3v) is 4.49. The quantitative estimate of drug-likeness (QED) is 0.157. The van der Waals surface area contributed by atoms with Crippen LogP contribution in [0.25, 0.3) is 32.8 Å². The molecule has 0 heterocycles. The van der Waals surface area contributed by atoms with E-state index in [1.165, 1.54) is 0 Å². The van der Waals surface area contributed by atoms with Gasteiger partial charge in [-0.3, -0.25) is 13.1 Å². The molecule has 3 N–H and O–H groups in total. The molecule has 0 aliphatic rings. The van der Waals surface area contributed by atoms with Crippen molar-refractivity contribution < 1.29 is 98.1 Å². The maximum atomic E-state index is 6.66. The smallest absolute Gasteiger partial charge is 0.0864 e. The van der Waals surface area contributed by atoms with Crippen molar-refractivity contribution in [2.45, 2.75) is 41.5 Å². The van der Waals surface area contributed by atoms with Crippen LogP contribution in [0.4, 0.5) is 17.1 Å². The fourth-order valence-corrected chi connectivity index (χ4v) is 2.71. The molecule has 9 heteroatoms. The van der Waals surface area contributed by atoms with Crippen molar-refractivity contribution in [1.29, 1.82) is 0 Å². The van der Waals surface area contributed by atoms with Crippen molar-refractivity contribution in [3.05, 3.63) is 142 Å². The Balaban J connectivity index is -0.000000207. The summed E-state index contributed by atoms with van der Waals surface area (Å²) in [5.74, 6) is 0. The summed E-state index contributed by atoms with van der Waals surface area (Å²) in [5.41, 5.74) is 5.92. The van der Waals surface area contributed by atoms with Crippen molar-refractivity contribution in [3.63, 3.8) is 0 Å². The first-order valence-corrected chi connectivity index (χ1v) is 13.5. The number of anilines is 3. The zero-order valence-electron chi connectivity index (χ0n) is 26.9. The zero-order valence-corrected chi connectivity index (χ0v) is 35.5. The SMILES string of the molecule is CC.CC.CC.[C-]#[N+][C-]=Cc1ccc(NC)cc1.[C-]#[N+][C-]=Cc1ccc(NCNc2ccc(C=[C-][N+]#[C-])cc2)cc1.[Y].[Y].[Y].